The zero-order chi connectivity index (χ0) is 16.9. The minimum atomic E-state index is -1.25. The van der Waals surface area contributed by atoms with Gasteiger partial charge in [0.15, 0.2) is 6.04 Å². The molecule has 0 aliphatic heterocycles. The molecule has 24 heavy (non-hydrogen) atoms. The molecule has 0 saturated carbocycles. The molecule has 1 aromatic heterocycles. The van der Waals surface area contributed by atoms with E-state index >= 15 is 0 Å². The molecule has 1 atom stereocenters. The Balaban J connectivity index is 2.12. The second-order valence-electron chi connectivity index (χ2n) is 5.04. The van der Waals surface area contributed by atoms with Gasteiger partial charge in [0.1, 0.15) is 5.75 Å². The molecule has 0 aliphatic rings. The summed E-state index contributed by atoms with van der Waals surface area (Å²) in [6.45, 7) is 0. The molecular weight excluding hydrogens is 308 g/mol. The number of aliphatic carboxylic acids is 1. The van der Waals surface area contributed by atoms with Gasteiger partial charge in [-0.3, -0.25) is 4.79 Å². The molecule has 0 aliphatic carbocycles. The Kier molecular flexibility index (Phi) is 4.38. The lowest BCUT2D eigenvalue weighted by molar-refractivity contribution is -0.140. The highest BCUT2D eigenvalue weighted by atomic mass is 16.5. The largest absolute Gasteiger partial charge is 0.479 e. The zero-order valence-electron chi connectivity index (χ0n) is 12.5. The van der Waals surface area contributed by atoms with Gasteiger partial charge in [0.25, 0.3) is 0 Å². The van der Waals surface area contributed by atoms with Gasteiger partial charge in [-0.2, -0.15) is 0 Å². The van der Waals surface area contributed by atoms with Crippen LogP contribution in [-0.4, -0.2) is 22.5 Å². The minimum Gasteiger partial charge on any atom is -0.479 e. The predicted molar refractivity (Wildman–Crippen MR) is 87.8 cm³/mol. The molecule has 3 rings (SSSR count). The van der Waals surface area contributed by atoms with E-state index in [9.17, 15) is 14.7 Å². The van der Waals surface area contributed by atoms with Gasteiger partial charge in [-0.05, 0) is 29.7 Å². The fraction of sp³-hybridized carbons (Fsp3) is 0.0556. The number of amides is 1. The summed E-state index contributed by atoms with van der Waals surface area (Å²) < 4.78 is 5.82. The Morgan fingerprint density at radius 3 is 2.54 bits per heavy atom. The lowest BCUT2D eigenvalue weighted by Crippen LogP contribution is -2.28. The topological polar surface area (TPSA) is 88.5 Å². The van der Waals surface area contributed by atoms with E-state index in [2.05, 4.69) is 10.3 Å². The molecule has 1 amide bonds. The smallest absolute Gasteiger partial charge is 0.332 e. The first-order chi connectivity index (χ1) is 11.7. The van der Waals surface area contributed by atoms with Gasteiger partial charge in [-0.25, -0.2) is 9.78 Å². The van der Waals surface area contributed by atoms with Crippen molar-refractivity contribution in [2.75, 3.05) is 0 Å². The van der Waals surface area contributed by atoms with Crippen LogP contribution in [0.15, 0.2) is 60.7 Å². The lowest BCUT2D eigenvalue weighted by atomic mass is 10.1. The van der Waals surface area contributed by atoms with Crippen LogP contribution in [-0.2, 0) is 9.59 Å². The fourth-order valence-corrected chi connectivity index (χ4v) is 2.36. The first-order valence-electron chi connectivity index (χ1n) is 7.24. The third kappa shape index (κ3) is 3.17. The van der Waals surface area contributed by atoms with Crippen molar-refractivity contribution >= 4 is 23.2 Å². The quantitative estimate of drug-likeness (QED) is 0.681. The van der Waals surface area contributed by atoms with Crippen molar-refractivity contribution in [2.45, 2.75) is 6.04 Å². The van der Waals surface area contributed by atoms with Crippen molar-refractivity contribution in [1.29, 1.82) is 0 Å². The van der Waals surface area contributed by atoms with E-state index in [0.29, 0.717) is 12.2 Å². The number of carboxylic acid groups (broad SMARTS) is 1. The Morgan fingerprint density at radius 1 is 1.12 bits per heavy atom. The van der Waals surface area contributed by atoms with E-state index in [4.69, 9.17) is 4.74 Å². The Hall–Kier alpha value is -3.41. The van der Waals surface area contributed by atoms with Crippen LogP contribution in [0.25, 0.3) is 10.8 Å². The highest BCUT2D eigenvalue weighted by Crippen LogP contribution is 2.30. The van der Waals surface area contributed by atoms with Crippen LogP contribution in [0.5, 0.6) is 11.6 Å². The van der Waals surface area contributed by atoms with Crippen molar-refractivity contribution in [1.82, 2.24) is 10.3 Å². The van der Waals surface area contributed by atoms with E-state index < -0.39 is 12.0 Å². The number of carbonyl (C=O) groups excluding carboxylic acids is 1. The van der Waals surface area contributed by atoms with Crippen LogP contribution < -0.4 is 10.1 Å². The molecule has 2 aromatic carbocycles. The fourth-order valence-electron chi connectivity index (χ4n) is 2.36. The number of hydrogen-bond donors (Lipinski definition) is 2. The Bertz CT molecular complexity index is 881. The van der Waals surface area contributed by atoms with Crippen molar-refractivity contribution in [3.8, 4) is 11.6 Å². The van der Waals surface area contributed by atoms with Crippen LogP contribution in [0.4, 0.5) is 0 Å². The van der Waals surface area contributed by atoms with E-state index in [1.54, 1.807) is 18.2 Å². The van der Waals surface area contributed by atoms with Gasteiger partial charge in [0, 0.05) is 5.39 Å². The molecule has 0 spiro atoms. The van der Waals surface area contributed by atoms with Crippen LogP contribution in [0, 0.1) is 0 Å². The Morgan fingerprint density at radius 2 is 1.83 bits per heavy atom. The number of hydrogen-bond acceptors (Lipinski definition) is 4. The number of pyridine rings is 1. The standard InChI is InChI=1S/C18H14N2O4/c21-11-19-16(18(22)23)15-10-12-6-4-5-9-14(12)17(20-15)24-13-7-2-1-3-8-13/h1-11,16H,(H,19,21)(H,22,23)/t16-/m0/s1. The molecule has 1 heterocycles. The van der Waals surface area contributed by atoms with Gasteiger partial charge >= 0.3 is 5.97 Å². The molecule has 120 valence electrons. The summed E-state index contributed by atoms with van der Waals surface area (Å²) in [7, 11) is 0. The van der Waals surface area contributed by atoms with E-state index in [-0.39, 0.29) is 11.6 Å². The van der Waals surface area contributed by atoms with E-state index in [0.717, 1.165) is 10.8 Å². The molecule has 0 fully saturated rings. The second kappa shape index (κ2) is 6.78. The number of fused-ring (bicyclic) bond motifs is 1. The van der Waals surface area contributed by atoms with Crippen LogP contribution >= 0.6 is 0 Å². The van der Waals surface area contributed by atoms with Gasteiger partial charge in [-0.15, -0.1) is 0 Å². The summed E-state index contributed by atoms with van der Waals surface area (Å²) in [6, 6.07) is 16.8. The molecular formula is C18H14N2O4. The maximum Gasteiger partial charge on any atom is 0.332 e. The summed E-state index contributed by atoms with van der Waals surface area (Å²) in [6.07, 6.45) is 0.341. The summed E-state index contributed by atoms with van der Waals surface area (Å²) in [5, 5.41) is 13.1. The molecule has 6 nitrogen and oxygen atoms in total. The van der Waals surface area contributed by atoms with Crippen LogP contribution in [0.1, 0.15) is 11.7 Å². The average molecular weight is 322 g/mol. The van der Waals surface area contributed by atoms with Gasteiger partial charge < -0.3 is 15.2 Å². The average Bonchev–Trinajstić information content (AvgIpc) is 2.60. The normalized spacial score (nSPS) is 11.7. The molecule has 0 unspecified atom stereocenters. The third-order valence-electron chi connectivity index (χ3n) is 3.46. The highest BCUT2D eigenvalue weighted by molar-refractivity contribution is 5.89. The molecule has 0 bridgehead atoms. The monoisotopic (exact) mass is 322 g/mol. The maximum absolute atomic E-state index is 11.4. The zero-order valence-corrected chi connectivity index (χ0v) is 12.5. The van der Waals surface area contributed by atoms with Gasteiger partial charge in [-0.1, -0.05) is 36.4 Å². The number of rotatable bonds is 6. The van der Waals surface area contributed by atoms with Crippen LogP contribution in [0.3, 0.4) is 0 Å². The van der Waals surface area contributed by atoms with Crippen molar-refractivity contribution in [3.05, 3.63) is 66.4 Å². The number of nitrogens with one attached hydrogen (secondary N) is 1. The highest BCUT2D eigenvalue weighted by Gasteiger charge is 2.22. The maximum atomic E-state index is 11.4. The van der Waals surface area contributed by atoms with E-state index in [1.807, 2.05) is 42.5 Å². The van der Waals surface area contributed by atoms with E-state index in [1.165, 1.54) is 0 Å². The van der Waals surface area contributed by atoms with Crippen LogP contribution in [0.2, 0.25) is 0 Å². The number of aromatic nitrogens is 1. The van der Waals surface area contributed by atoms with Crippen molar-refractivity contribution < 1.29 is 19.4 Å². The number of carboxylic acids is 1. The number of para-hydroxylation sites is 1. The summed E-state index contributed by atoms with van der Waals surface area (Å²) in [4.78, 5) is 26.4. The van der Waals surface area contributed by atoms with Crippen molar-refractivity contribution in [3.63, 3.8) is 0 Å². The van der Waals surface area contributed by atoms with Gasteiger partial charge in [0.05, 0.1) is 5.69 Å². The number of carbonyl (C=O) groups is 2. The minimum absolute atomic E-state index is 0.194. The first-order valence-corrected chi connectivity index (χ1v) is 7.24. The van der Waals surface area contributed by atoms with Gasteiger partial charge in [0.2, 0.25) is 12.3 Å². The summed E-state index contributed by atoms with van der Waals surface area (Å²) >= 11 is 0. The lowest BCUT2D eigenvalue weighted by Gasteiger charge is -2.14. The summed E-state index contributed by atoms with van der Waals surface area (Å²) in [5.74, 6) is -0.327. The Labute approximate surface area is 137 Å². The number of nitrogens with zero attached hydrogens (tertiary/aromatic N) is 1. The molecule has 2 N–H and O–H groups in total. The molecule has 3 aromatic rings. The number of benzene rings is 2. The predicted octanol–water partition coefficient (Wildman–Crippen LogP) is 2.90. The second-order valence-corrected chi connectivity index (χ2v) is 5.04. The SMILES string of the molecule is O=CN[C@H](C(=O)O)c1cc2ccccc2c(Oc2ccccc2)n1. The molecule has 6 heteroatoms. The number of ether oxygens (including phenoxy) is 1. The summed E-state index contributed by atoms with van der Waals surface area (Å²) in [5.41, 5.74) is 0.194. The molecule has 0 radical (unpaired) electrons. The van der Waals surface area contributed by atoms with Crippen molar-refractivity contribution in [2.24, 2.45) is 0 Å². The molecule has 0 saturated heterocycles. The first kappa shape index (κ1) is 15.5. The third-order valence-corrected chi connectivity index (χ3v) is 3.46.